The van der Waals surface area contributed by atoms with E-state index in [4.69, 9.17) is 4.74 Å². The summed E-state index contributed by atoms with van der Waals surface area (Å²) in [5.74, 6) is -1.44. The number of para-hydroxylation sites is 1. The van der Waals surface area contributed by atoms with Crippen LogP contribution in [0.25, 0.3) is 0 Å². The van der Waals surface area contributed by atoms with Crippen molar-refractivity contribution < 1.29 is 24.2 Å². The standard InChI is InChI=1S/C26H41N3O5/c1-5-10-22(24(31)32)28-23(30)19-11-9-14-21(17-19)34-16-15-29(18-26(2,3)4)25(33)27-20-12-7-6-8-13-20/h6-8,12-13,19,21-22H,5,9-11,14-18H2,1-4H3,(H,27,33)(H,28,30)(H,31,32). The fraction of sp³-hybridized carbons (Fsp3) is 0.654. The van der Waals surface area contributed by atoms with Gasteiger partial charge in [0.2, 0.25) is 5.91 Å². The number of nitrogens with one attached hydrogen (secondary N) is 2. The average molecular weight is 476 g/mol. The largest absolute Gasteiger partial charge is 0.480 e. The van der Waals surface area contributed by atoms with Gasteiger partial charge in [0.15, 0.2) is 0 Å². The summed E-state index contributed by atoms with van der Waals surface area (Å²) < 4.78 is 6.09. The molecule has 34 heavy (non-hydrogen) atoms. The molecule has 1 aromatic rings. The van der Waals surface area contributed by atoms with Gasteiger partial charge in [-0.1, -0.05) is 58.7 Å². The number of carbonyl (C=O) groups is 3. The van der Waals surface area contributed by atoms with E-state index >= 15 is 0 Å². The molecule has 2 rings (SSSR count). The van der Waals surface area contributed by atoms with Gasteiger partial charge in [0.25, 0.3) is 0 Å². The van der Waals surface area contributed by atoms with Crippen LogP contribution in [0.5, 0.6) is 0 Å². The first-order chi connectivity index (χ1) is 16.1. The molecule has 0 spiro atoms. The van der Waals surface area contributed by atoms with Gasteiger partial charge in [0.05, 0.1) is 12.7 Å². The monoisotopic (exact) mass is 475 g/mol. The molecule has 0 radical (unpaired) electrons. The van der Waals surface area contributed by atoms with E-state index in [0.29, 0.717) is 39.0 Å². The molecule has 3 atom stereocenters. The zero-order chi connectivity index (χ0) is 25.1. The molecule has 1 fully saturated rings. The van der Waals surface area contributed by atoms with Gasteiger partial charge in [-0.2, -0.15) is 0 Å². The van der Waals surface area contributed by atoms with Crippen LogP contribution in [0.4, 0.5) is 10.5 Å². The van der Waals surface area contributed by atoms with Gasteiger partial charge >= 0.3 is 12.0 Å². The first kappa shape index (κ1) is 27.6. The Kier molecular flexibility index (Phi) is 10.8. The molecule has 3 amide bonds. The lowest BCUT2D eigenvalue weighted by atomic mass is 9.86. The lowest BCUT2D eigenvalue weighted by Gasteiger charge is -2.32. The van der Waals surface area contributed by atoms with Crippen LogP contribution in [0.3, 0.4) is 0 Å². The number of urea groups is 1. The molecule has 190 valence electrons. The molecular formula is C26H41N3O5. The highest BCUT2D eigenvalue weighted by molar-refractivity contribution is 5.89. The maximum absolute atomic E-state index is 12.9. The molecule has 8 heteroatoms. The normalized spacial score (nSPS) is 19.2. The second-order valence-corrected chi connectivity index (χ2v) is 10.3. The van der Waals surface area contributed by atoms with Crippen molar-refractivity contribution >= 4 is 23.6 Å². The molecule has 1 aliphatic rings. The van der Waals surface area contributed by atoms with Crippen molar-refractivity contribution in [2.24, 2.45) is 11.3 Å². The highest BCUT2D eigenvalue weighted by atomic mass is 16.5. The Balaban J connectivity index is 1.88. The predicted molar refractivity (Wildman–Crippen MR) is 133 cm³/mol. The zero-order valence-corrected chi connectivity index (χ0v) is 21.0. The summed E-state index contributed by atoms with van der Waals surface area (Å²) in [5.41, 5.74) is 0.678. The minimum atomic E-state index is -0.994. The second kappa shape index (κ2) is 13.3. The highest BCUT2D eigenvalue weighted by Crippen LogP contribution is 2.27. The van der Waals surface area contributed by atoms with Crippen molar-refractivity contribution in [1.82, 2.24) is 10.2 Å². The van der Waals surface area contributed by atoms with Gasteiger partial charge in [-0.3, -0.25) is 4.79 Å². The van der Waals surface area contributed by atoms with E-state index in [-0.39, 0.29) is 29.4 Å². The summed E-state index contributed by atoms with van der Waals surface area (Å²) in [6, 6.07) is 8.36. The minimum Gasteiger partial charge on any atom is -0.480 e. The van der Waals surface area contributed by atoms with Gasteiger partial charge in [-0.15, -0.1) is 0 Å². The van der Waals surface area contributed by atoms with Gasteiger partial charge in [0, 0.05) is 24.7 Å². The van der Waals surface area contributed by atoms with E-state index < -0.39 is 12.0 Å². The van der Waals surface area contributed by atoms with Crippen molar-refractivity contribution in [2.45, 2.75) is 78.4 Å². The van der Waals surface area contributed by atoms with Gasteiger partial charge < -0.3 is 25.4 Å². The Morgan fingerprint density at radius 3 is 2.50 bits per heavy atom. The number of rotatable bonds is 11. The number of carboxylic acids is 1. The summed E-state index contributed by atoms with van der Waals surface area (Å²) in [7, 11) is 0. The topological polar surface area (TPSA) is 108 Å². The third-order valence-corrected chi connectivity index (χ3v) is 5.88. The number of hydrogen-bond donors (Lipinski definition) is 3. The molecule has 0 saturated heterocycles. The van der Waals surface area contributed by atoms with Gasteiger partial charge in [-0.05, 0) is 43.2 Å². The molecule has 3 unspecified atom stereocenters. The fourth-order valence-corrected chi connectivity index (χ4v) is 4.25. The van der Waals surface area contributed by atoms with E-state index in [1.54, 1.807) is 4.90 Å². The second-order valence-electron chi connectivity index (χ2n) is 10.3. The van der Waals surface area contributed by atoms with E-state index in [1.807, 2.05) is 37.3 Å². The van der Waals surface area contributed by atoms with Crippen molar-refractivity contribution in [3.8, 4) is 0 Å². The Morgan fingerprint density at radius 1 is 1.18 bits per heavy atom. The van der Waals surface area contributed by atoms with Crippen LogP contribution in [0.15, 0.2) is 30.3 Å². The van der Waals surface area contributed by atoms with E-state index in [0.717, 1.165) is 24.9 Å². The maximum atomic E-state index is 12.9. The number of hydrogen-bond acceptors (Lipinski definition) is 4. The first-order valence-electron chi connectivity index (χ1n) is 12.3. The number of nitrogens with zero attached hydrogens (tertiary/aromatic N) is 1. The van der Waals surface area contributed by atoms with Crippen LogP contribution in [-0.4, -0.2) is 59.8 Å². The third kappa shape index (κ3) is 9.71. The van der Waals surface area contributed by atoms with Crippen molar-refractivity contribution in [1.29, 1.82) is 0 Å². The van der Waals surface area contributed by atoms with Crippen molar-refractivity contribution in [3.63, 3.8) is 0 Å². The van der Waals surface area contributed by atoms with Crippen LogP contribution < -0.4 is 10.6 Å². The number of carboxylic acid groups (broad SMARTS) is 1. The zero-order valence-electron chi connectivity index (χ0n) is 21.0. The number of ether oxygens (including phenoxy) is 1. The Morgan fingerprint density at radius 2 is 1.88 bits per heavy atom. The summed E-state index contributed by atoms with van der Waals surface area (Å²) in [4.78, 5) is 38.7. The number of carbonyl (C=O) groups excluding carboxylic acids is 2. The minimum absolute atomic E-state index is 0.0682. The summed E-state index contributed by atoms with van der Waals surface area (Å²) in [6.45, 7) is 9.57. The molecule has 3 N–H and O–H groups in total. The predicted octanol–water partition coefficient (Wildman–Crippen LogP) is 4.51. The lowest BCUT2D eigenvalue weighted by molar-refractivity contribution is -0.143. The number of anilines is 1. The highest BCUT2D eigenvalue weighted by Gasteiger charge is 2.30. The van der Waals surface area contributed by atoms with E-state index in [9.17, 15) is 19.5 Å². The summed E-state index contributed by atoms with van der Waals surface area (Å²) in [5, 5.41) is 14.9. The molecular weight excluding hydrogens is 434 g/mol. The van der Waals surface area contributed by atoms with Gasteiger partial charge in [0.1, 0.15) is 6.04 Å². The Labute approximate surface area is 203 Å². The smallest absolute Gasteiger partial charge is 0.326 e. The average Bonchev–Trinajstić information content (AvgIpc) is 2.78. The maximum Gasteiger partial charge on any atom is 0.326 e. The summed E-state index contributed by atoms with van der Waals surface area (Å²) >= 11 is 0. The molecule has 1 aliphatic carbocycles. The third-order valence-electron chi connectivity index (χ3n) is 5.88. The SMILES string of the molecule is CCCC(NC(=O)C1CCCC(OCCN(CC(C)(C)C)C(=O)Nc2ccccc2)C1)C(=O)O. The van der Waals surface area contributed by atoms with Crippen molar-refractivity contribution in [3.05, 3.63) is 30.3 Å². The Hall–Kier alpha value is -2.61. The van der Waals surface area contributed by atoms with E-state index in [1.165, 1.54) is 0 Å². The fourth-order valence-electron chi connectivity index (χ4n) is 4.25. The van der Waals surface area contributed by atoms with Crippen molar-refractivity contribution in [2.75, 3.05) is 25.0 Å². The molecule has 1 saturated carbocycles. The quantitative estimate of drug-likeness (QED) is 0.436. The number of amides is 3. The Bertz CT molecular complexity index is 793. The molecule has 0 bridgehead atoms. The van der Waals surface area contributed by atoms with Crippen LogP contribution in [0.2, 0.25) is 0 Å². The van der Waals surface area contributed by atoms with Crippen LogP contribution >= 0.6 is 0 Å². The lowest BCUT2D eigenvalue weighted by Crippen LogP contribution is -2.45. The van der Waals surface area contributed by atoms with Crippen LogP contribution in [0.1, 0.15) is 66.2 Å². The molecule has 0 heterocycles. The molecule has 0 aromatic heterocycles. The number of benzene rings is 1. The van der Waals surface area contributed by atoms with E-state index in [2.05, 4.69) is 31.4 Å². The van der Waals surface area contributed by atoms with Gasteiger partial charge in [-0.25, -0.2) is 9.59 Å². The first-order valence-corrected chi connectivity index (χ1v) is 12.3. The number of aliphatic carboxylic acids is 1. The summed E-state index contributed by atoms with van der Waals surface area (Å²) in [6.07, 6.45) is 4.05. The molecule has 0 aliphatic heterocycles. The van der Waals surface area contributed by atoms with Crippen LogP contribution in [0, 0.1) is 11.3 Å². The molecule has 8 nitrogen and oxygen atoms in total. The molecule has 1 aromatic carbocycles. The van der Waals surface area contributed by atoms with Crippen LogP contribution in [-0.2, 0) is 14.3 Å².